The maximum absolute atomic E-state index is 13.5. The molecule has 0 radical (unpaired) electrons. The highest BCUT2D eigenvalue weighted by Gasteiger charge is 2.33. The minimum absolute atomic E-state index is 0.00588. The number of likely N-dealkylation sites (tertiary alicyclic amines) is 1. The second-order valence-electron chi connectivity index (χ2n) is 9.17. The zero-order chi connectivity index (χ0) is 29.0. The van der Waals surface area contributed by atoms with E-state index < -0.39 is 46.5 Å². The number of benzene rings is 2. The molecule has 1 amide bonds. The number of halogens is 3. The van der Waals surface area contributed by atoms with Crippen LogP contribution in [0.2, 0.25) is 0 Å². The van der Waals surface area contributed by atoms with Gasteiger partial charge in [-0.25, -0.2) is 4.79 Å². The fraction of sp³-hybridized carbons (Fsp3) is 0.370. The van der Waals surface area contributed by atoms with E-state index in [0.717, 1.165) is 33.5 Å². The molecule has 1 atom stereocenters. The number of carbonyl (C=O) groups excluding carboxylic acids is 2. The number of hydrogen-bond donors (Lipinski definition) is 0. The topological polar surface area (TPSA) is 113 Å². The van der Waals surface area contributed by atoms with Crippen molar-refractivity contribution in [1.29, 1.82) is 0 Å². The Kier molecular flexibility index (Phi) is 8.40. The Bertz CT molecular complexity index is 1510. The maximum Gasteiger partial charge on any atom is 0.416 e. The van der Waals surface area contributed by atoms with Gasteiger partial charge in [0.05, 0.1) is 37.4 Å². The molecule has 2 heterocycles. The monoisotopic (exact) mass is 560 g/mol. The highest BCUT2D eigenvalue weighted by atomic mass is 19.4. The SMILES string of the molecule is CCOC(=O)C1CCCN(C(=O)c2nn(-c3ccc(C(F)(F)F)cc3)c(=O)n(Cc3cccc(OC)c3)c2=O)C1. The molecule has 40 heavy (non-hydrogen) atoms. The average molecular weight is 561 g/mol. The van der Waals surface area contributed by atoms with E-state index in [1.807, 2.05) is 0 Å². The van der Waals surface area contributed by atoms with E-state index in [9.17, 15) is 32.3 Å². The first-order valence-corrected chi connectivity index (χ1v) is 12.5. The van der Waals surface area contributed by atoms with Crippen molar-refractivity contribution >= 4 is 11.9 Å². The molecule has 0 saturated carbocycles. The summed E-state index contributed by atoms with van der Waals surface area (Å²) in [6, 6.07) is 10.2. The molecule has 1 aliphatic rings. The van der Waals surface area contributed by atoms with E-state index in [4.69, 9.17) is 9.47 Å². The number of carbonyl (C=O) groups is 2. The Morgan fingerprint density at radius 3 is 2.48 bits per heavy atom. The Morgan fingerprint density at radius 1 is 1.10 bits per heavy atom. The van der Waals surface area contributed by atoms with Gasteiger partial charge in [-0.05, 0) is 61.7 Å². The van der Waals surface area contributed by atoms with Gasteiger partial charge in [-0.15, -0.1) is 0 Å². The van der Waals surface area contributed by atoms with Crippen LogP contribution in [0.1, 0.15) is 41.4 Å². The molecule has 1 aliphatic heterocycles. The molecular weight excluding hydrogens is 533 g/mol. The molecule has 1 aromatic heterocycles. The Balaban J connectivity index is 1.80. The van der Waals surface area contributed by atoms with Crippen molar-refractivity contribution in [2.75, 3.05) is 26.8 Å². The molecule has 3 aromatic rings. The summed E-state index contributed by atoms with van der Waals surface area (Å²) in [5.41, 5.74) is -3.04. The summed E-state index contributed by atoms with van der Waals surface area (Å²) in [7, 11) is 1.45. The summed E-state index contributed by atoms with van der Waals surface area (Å²) in [6.07, 6.45) is -3.63. The van der Waals surface area contributed by atoms with Crippen molar-refractivity contribution in [3.63, 3.8) is 0 Å². The molecular formula is C27H27F3N4O6. The number of alkyl halides is 3. The number of piperidine rings is 1. The molecule has 0 N–H and O–H groups in total. The summed E-state index contributed by atoms with van der Waals surface area (Å²) in [4.78, 5) is 54.0. The number of ether oxygens (including phenoxy) is 2. The van der Waals surface area contributed by atoms with E-state index in [0.29, 0.717) is 24.2 Å². The van der Waals surface area contributed by atoms with E-state index in [1.54, 1.807) is 31.2 Å². The van der Waals surface area contributed by atoms with Gasteiger partial charge in [0.2, 0.25) is 5.69 Å². The summed E-state index contributed by atoms with van der Waals surface area (Å²) >= 11 is 0. The van der Waals surface area contributed by atoms with Crippen LogP contribution in [0.3, 0.4) is 0 Å². The highest BCUT2D eigenvalue weighted by molar-refractivity contribution is 5.92. The lowest BCUT2D eigenvalue weighted by molar-refractivity contribution is -0.149. The van der Waals surface area contributed by atoms with Gasteiger partial charge in [0, 0.05) is 13.1 Å². The van der Waals surface area contributed by atoms with Gasteiger partial charge in [-0.2, -0.15) is 23.0 Å². The van der Waals surface area contributed by atoms with Gasteiger partial charge in [0.1, 0.15) is 5.75 Å². The number of methoxy groups -OCH3 is 1. The van der Waals surface area contributed by atoms with Crippen molar-refractivity contribution in [1.82, 2.24) is 19.2 Å². The molecule has 2 aromatic carbocycles. The molecule has 1 saturated heterocycles. The average Bonchev–Trinajstić information content (AvgIpc) is 2.95. The van der Waals surface area contributed by atoms with Crippen LogP contribution in [-0.4, -0.2) is 57.9 Å². The first-order valence-electron chi connectivity index (χ1n) is 12.5. The third-order valence-corrected chi connectivity index (χ3v) is 6.50. The lowest BCUT2D eigenvalue weighted by Crippen LogP contribution is -2.49. The minimum Gasteiger partial charge on any atom is -0.497 e. The quantitative estimate of drug-likeness (QED) is 0.409. The van der Waals surface area contributed by atoms with Crippen molar-refractivity contribution in [2.45, 2.75) is 32.5 Å². The number of amides is 1. The Morgan fingerprint density at radius 2 is 1.82 bits per heavy atom. The van der Waals surface area contributed by atoms with E-state index in [-0.39, 0.29) is 31.9 Å². The number of hydrogen-bond acceptors (Lipinski definition) is 7. The molecule has 10 nitrogen and oxygen atoms in total. The Hall–Kier alpha value is -4.42. The maximum atomic E-state index is 13.5. The number of nitrogens with zero attached hydrogens (tertiary/aromatic N) is 4. The van der Waals surface area contributed by atoms with E-state index in [1.165, 1.54) is 12.0 Å². The lowest BCUT2D eigenvalue weighted by Gasteiger charge is -2.31. The zero-order valence-electron chi connectivity index (χ0n) is 21.8. The van der Waals surface area contributed by atoms with Gasteiger partial charge in [-0.3, -0.25) is 19.0 Å². The van der Waals surface area contributed by atoms with Crippen LogP contribution in [0.25, 0.3) is 5.69 Å². The summed E-state index contributed by atoms with van der Waals surface area (Å²) in [6.45, 7) is 1.82. The standard InChI is InChI=1S/C27H27F3N4O6/c1-3-40-25(37)18-7-5-13-32(16-18)23(35)22-24(36)33(15-17-6-4-8-21(14-17)39-2)26(38)34(31-22)20-11-9-19(10-12-20)27(28,29)30/h4,6,8-12,14,18H,3,5,7,13,15-16H2,1-2H3. The predicted octanol–water partition coefficient (Wildman–Crippen LogP) is 2.89. The van der Waals surface area contributed by atoms with Gasteiger partial charge in [-0.1, -0.05) is 12.1 Å². The molecule has 0 spiro atoms. The van der Waals surface area contributed by atoms with Crippen LogP contribution in [0.4, 0.5) is 13.2 Å². The Labute approximate surface area is 226 Å². The van der Waals surface area contributed by atoms with Gasteiger partial charge >= 0.3 is 17.8 Å². The minimum atomic E-state index is -4.60. The second-order valence-corrected chi connectivity index (χ2v) is 9.17. The van der Waals surface area contributed by atoms with Crippen molar-refractivity contribution in [3.05, 3.63) is 86.2 Å². The van der Waals surface area contributed by atoms with Crippen LogP contribution in [0.15, 0.2) is 58.1 Å². The molecule has 0 aliphatic carbocycles. The van der Waals surface area contributed by atoms with Crippen LogP contribution >= 0.6 is 0 Å². The predicted molar refractivity (Wildman–Crippen MR) is 136 cm³/mol. The van der Waals surface area contributed by atoms with Gasteiger partial charge in [0.25, 0.3) is 11.5 Å². The van der Waals surface area contributed by atoms with Crippen LogP contribution in [0, 0.1) is 5.92 Å². The summed E-state index contributed by atoms with van der Waals surface area (Å²) in [5.74, 6) is -1.38. The van der Waals surface area contributed by atoms with Gasteiger partial charge in [0.15, 0.2) is 0 Å². The fourth-order valence-electron chi connectivity index (χ4n) is 4.47. The van der Waals surface area contributed by atoms with Crippen molar-refractivity contribution in [3.8, 4) is 11.4 Å². The molecule has 13 heteroatoms. The van der Waals surface area contributed by atoms with Crippen LogP contribution in [-0.2, 0) is 22.3 Å². The third-order valence-electron chi connectivity index (χ3n) is 6.50. The zero-order valence-corrected chi connectivity index (χ0v) is 21.8. The fourth-order valence-corrected chi connectivity index (χ4v) is 4.47. The summed E-state index contributed by atoms with van der Waals surface area (Å²) < 4.78 is 51.1. The first kappa shape index (κ1) is 28.6. The molecule has 0 bridgehead atoms. The van der Waals surface area contributed by atoms with E-state index >= 15 is 0 Å². The first-order chi connectivity index (χ1) is 19.0. The lowest BCUT2D eigenvalue weighted by atomic mass is 9.98. The molecule has 1 unspecified atom stereocenters. The molecule has 4 rings (SSSR count). The third kappa shape index (κ3) is 6.08. The highest BCUT2D eigenvalue weighted by Crippen LogP contribution is 2.29. The van der Waals surface area contributed by atoms with Crippen molar-refractivity contribution < 1.29 is 32.2 Å². The largest absolute Gasteiger partial charge is 0.497 e. The van der Waals surface area contributed by atoms with Crippen LogP contribution in [0.5, 0.6) is 5.75 Å². The van der Waals surface area contributed by atoms with Crippen molar-refractivity contribution in [2.24, 2.45) is 5.92 Å². The van der Waals surface area contributed by atoms with Gasteiger partial charge < -0.3 is 14.4 Å². The summed E-state index contributed by atoms with van der Waals surface area (Å²) in [5, 5.41) is 4.01. The smallest absolute Gasteiger partial charge is 0.416 e. The van der Waals surface area contributed by atoms with Crippen LogP contribution < -0.4 is 16.0 Å². The molecule has 212 valence electrons. The normalized spacial score (nSPS) is 15.5. The molecule has 1 fully saturated rings. The van der Waals surface area contributed by atoms with E-state index in [2.05, 4.69) is 5.10 Å². The number of esters is 1. The number of rotatable bonds is 7. The second kappa shape index (κ2) is 11.8. The number of aromatic nitrogens is 3.